The fraction of sp³-hybridized carbons (Fsp3) is 0.222. The Hall–Kier alpha value is -3.93. The third-order valence-corrected chi connectivity index (χ3v) is 6.30. The molecule has 5 rings (SSSR count). The molecule has 2 aliphatic rings. The number of nitrogens with one attached hydrogen (secondary N) is 1. The molecule has 166 valence electrons. The summed E-state index contributed by atoms with van der Waals surface area (Å²) in [5, 5.41) is 2.97. The largest absolute Gasteiger partial charge is 0.326 e. The van der Waals surface area contributed by atoms with Crippen molar-refractivity contribution in [2.75, 3.05) is 28.2 Å². The number of rotatable bonds is 4. The molecule has 3 amide bonds. The topological polar surface area (TPSA) is 69.7 Å². The van der Waals surface area contributed by atoms with Gasteiger partial charge in [0.15, 0.2) is 0 Å². The second kappa shape index (κ2) is 8.90. The molecule has 3 aromatic rings. The summed E-state index contributed by atoms with van der Waals surface area (Å²) in [7, 11) is 0. The van der Waals surface area contributed by atoms with Gasteiger partial charge in [-0.15, -0.1) is 0 Å². The first-order valence-corrected chi connectivity index (χ1v) is 11.3. The van der Waals surface area contributed by atoms with Gasteiger partial charge in [0.25, 0.3) is 5.91 Å². The van der Waals surface area contributed by atoms with Gasteiger partial charge >= 0.3 is 0 Å². The lowest BCUT2D eigenvalue weighted by atomic mass is 9.99. The van der Waals surface area contributed by atoms with E-state index in [1.54, 1.807) is 9.80 Å². The maximum atomic E-state index is 13.1. The molecule has 1 fully saturated rings. The number of carbonyl (C=O) groups is 3. The SMILES string of the molecule is O=C(Nc1ccc2c(c1)N(C(=O)c1ccccc1)CCC2)C1CC(=O)N(c2ccccc2)C1. The van der Waals surface area contributed by atoms with Crippen molar-refractivity contribution in [2.24, 2.45) is 5.92 Å². The summed E-state index contributed by atoms with van der Waals surface area (Å²) in [6.07, 6.45) is 1.98. The van der Waals surface area contributed by atoms with Gasteiger partial charge in [0.2, 0.25) is 11.8 Å². The van der Waals surface area contributed by atoms with Gasteiger partial charge < -0.3 is 15.1 Å². The van der Waals surface area contributed by atoms with E-state index in [0.717, 1.165) is 29.8 Å². The van der Waals surface area contributed by atoms with Crippen molar-refractivity contribution in [1.29, 1.82) is 0 Å². The summed E-state index contributed by atoms with van der Waals surface area (Å²) in [5.41, 5.74) is 4.01. The molecule has 0 bridgehead atoms. The number of nitrogens with zero attached hydrogens (tertiary/aromatic N) is 2. The third-order valence-electron chi connectivity index (χ3n) is 6.30. The highest BCUT2D eigenvalue weighted by atomic mass is 16.2. The number of aryl methyl sites for hydroxylation is 1. The van der Waals surface area contributed by atoms with Gasteiger partial charge in [-0.1, -0.05) is 42.5 Å². The number of fused-ring (bicyclic) bond motifs is 1. The zero-order valence-electron chi connectivity index (χ0n) is 18.2. The molecule has 6 heteroatoms. The van der Waals surface area contributed by atoms with Crippen LogP contribution >= 0.6 is 0 Å². The van der Waals surface area contributed by atoms with Gasteiger partial charge in [-0.05, 0) is 54.8 Å². The van der Waals surface area contributed by atoms with Crippen LogP contribution in [0.25, 0.3) is 0 Å². The first kappa shape index (κ1) is 20.9. The van der Waals surface area contributed by atoms with E-state index in [1.807, 2.05) is 78.9 Å². The molecule has 0 radical (unpaired) electrons. The standard InChI is InChI=1S/C27H25N3O3/c31-25-16-21(18-30(25)23-11-5-2-6-12-23)26(32)28-22-14-13-19-10-7-15-29(24(19)17-22)27(33)20-8-3-1-4-9-20/h1-6,8-9,11-14,17,21H,7,10,15-16,18H2,(H,28,32). The van der Waals surface area contributed by atoms with Crippen LogP contribution in [-0.4, -0.2) is 30.8 Å². The predicted octanol–water partition coefficient (Wildman–Crippen LogP) is 4.27. The molecule has 0 saturated carbocycles. The minimum absolute atomic E-state index is 0.0417. The van der Waals surface area contributed by atoms with Gasteiger partial charge in [0.1, 0.15) is 0 Å². The van der Waals surface area contributed by atoms with Gasteiger partial charge in [-0.25, -0.2) is 0 Å². The van der Waals surface area contributed by atoms with Crippen LogP contribution in [0.4, 0.5) is 17.1 Å². The Balaban J connectivity index is 1.32. The Labute approximate surface area is 192 Å². The predicted molar refractivity (Wildman–Crippen MR) is 128 cm³/mol. The normalized spacial score (nSPS) is 17.6. The maximum Gasteiger partial charge on any atom is 0.258 e. The second-order valence-electron chi connectivity index (χ2n) is 8.50. The number of hydrogen-bond donors (Lipinski definition) is 1. The molecule has 2 heterocycles. The van der Waals surface area contributed by atoms with Gasteiger partial charge in [0, 0.05) is 42.1 Å². The van der Waals surface area contributed by atoms with Crippen LogP contribution < -0.4 is 15.1 Å². The van der Waals surface area contributed by atoms with Crippen LogP contribution in [0.15, 0.2) is 78.9 Å². The summed E-state index contributed by atoms with van der Waals surface area (Å²) in [6.45, 7) is 1.000. The molecule has 0 spiro atoms. The molecule has 2 aliphatic heterocycles. The number of anilines is 3. The highest BCUT2D eigenvalue weighted by Crippen LogP contribution is 2.32. The lowest BCUT2D eigenvalue weighted by Gasteiger charge is -2.30. The van der Waals surface area contributed by atoms with E-state index in [0.29, 0.717) is 24.3 Å². The van der Waals surface area contributed by atoms with Gasteiger partial charge in [0.05, 0.1) is 5.92 Å². The van der Waals surface area contributed by atoms with Crippen molar-refractivity contribution in [2.45, 2.75) is 19.3 Å². The van der Waals surface area contributed by atoms with Crippen molar-refractivity contribution in [3.05, 3.63) is 90.0 Å². The number of para-hydroxylation sites is 1. The van der Waals surface area contributed by atoms with Crippen LogP contribution in [0.2, 0.25) is 0 Å². The van der Waals surface area contributed by atoms with Gasteiger partial charge in [-0.2, -0.15) is 0 Å². The third kappa shape index (κ3) is 4.24. The molecule has 0 aromatic heterocycles. The van der Waals surface area contributed by atoms with Crippen molar-refractivity contribution >= 4 is 34.8 Å². The lowest BCUT2D eigenvalue weighted by Crippen LogP contribution is -2.35. The second-order valence-corrected chi connectivity index (χ2v) is 8.50. The van der Waals surface area contributed by atoms with E-state index in [-0.39, 0.29) is 24.1 Å². The van der Waals surface area contributed by atoms with E-state index >= 15 is 0 Å². The molecule has 6 nitrogen and oxygen atoms in total. The highest BCUT2D eigenvalue weighted by molar-refractivity contribution is 6.07. The maximum absolute atomic E-state index is 13.1. The summed E-state index contributed by atoms with van der Waals surface area (Å²) in [4.78, 5) is 42.0. The van der Waals surface area contributed by atoms with Crippen LogP contribution in [-0.2, 0) is 16.0 Å². The molecule has 1 unspecified atom stereocenters. The molecular weight excluding hydrogens is 414 g/mol. The summed E-state index contributed by atoms with van der Waals surface area (Å²) >= 11 is 0. The Morgan fingerprint density at radius 2 is 1.64 bits per heavy atom. The van der Waals surface area contributed by atoms with Crippen molar-refractivity contribution < 1.29 is 14.4 Å². The number of carbonyl (C=O) groups excluding carboxylic acids is 3. The Morgan fingerprint density at radius 1 is 0.909 bits per heavy atom. The zero-order valence-corrected chi connectivity index (χ0v) is 18.2. The van der Waals surface area contributed by atoms with Crippen molar-refractivity contribution in [3.8, 4) is 0 Å². The average molecular weight is 440 g/mol. The monoisotopic (exact) mass is 439 g/mol. The van der Waals surface area contributed by atoms with Crippen LogP contribution in [0.1, 0.15) is 28.8 Å². The fourth-order valence-electron chi connectivity index (χ4n) is 4.58. The van der Waals surface area contributed by atoms with Crippen molar-refractivity contribution in [3.63, 3.8) is 0 Å². The highest BCUT2D eigenvalue weighted by Gasteiger charge is 2.35. The summed E-state index contributed by atoms with van der Waals surface area (Å²) in [5.74, 6) is -0.694. The van der Waals surface area contributed by atoms with E-state index in [2.05, 4.69) is 5.32 Å². The molecule has 0 aliphatic carbocycles. The Morgan fingerprint density at radius 3 is 2.39 bits per heavy atom. The zero-order chi connectivity index (χ0) is 22.8. The average Bonchev–Trinajstić information content (AvgIpc) is 3.26. The minimum Gasteiger partial charge on any atom is -0.326 e. The summed E-state index contributed by atoms with van der Waals surface area (Å²) in [6, 6.07) is 24.4. The quantitative estimate of drug-likeness (QED) is 0.660. The van der Waals surface area contributed by atoms with E-state index in [4.69, 9.17) is 0 Å². The fourth-order valence-corrected chi connectivity index (χ4v) is 4.58. The molecule has 1 saturated heterocycles. The molecule has 33 heavy (non-hydrogen) atoms. The van der Waals surface area contributed by atoms with Gasteiger partial charge in [-0.3, -0.25) is 14.4 Å². The lowest BCUT2D eigenvalue weighted by molar-refractivity contribution is -0.122. The van der Waals surface area contributed by atoms with E-state index in [9.17, 15) is 14.4 Å². The molecule has 1 atom stereocenters. The molecular formula is C27H25N3O3. The number of hydrogen-bond acceptors (Lipinski definition) is 3. The number of benzene rings is 3. The Kier molecular flexibility index (Phi) is 5.65. The number of amides is 3. The summed E-state index contributed by atoms with van der Waals surface area (Å²) < 4.78 is 0. The molecule has 1 N–H and O–H groups in total. The van der Waals surface area contributed by atoms with Crippen molar-refractivity contribution in [1.82, 2.24) is 0 Å². The van der Waals surface area contributed by atoms with E-state index < -0.39 is 5.92 Å². The minimum atomic E-state index is -0.421. The van der Waals surface area contributed by atoms with Crippen LogP contribution in [0.3, 0.4) is 0 Å². The van der Waals surface area contributed by atoms with Crippen LogP contribution in [0.5, 0.6) is 0 Å². The Bertz CT molecular complexity index is 1190. The van der Waals surface area contributed by atoms with Crippen LogP contribution in [0, 0.1) is 5.92 Å². The smallest absolute Gasteiger partial charge is 0.258 e. The van der Waals surface area contributed by atoms with E-state index in [1.165, 1.54) is 0 Å². The first-order chi connectivity index (χ1) is 16.1. The molecule has 3 aromatic carbocycles. The first-order valence-electron chi connectivity index (χ1n) is 11.3.